The number of halogens is 1. The number of fused-ring (bicyclic) bond motifs is 1. The number of nitrogens with zero attached hydrogens (tertiary/aromatic N) is 4. The molecule has 4 rings (SSSR count). The summed E-state index contributed by atoms with van der Waals surface area (Å²) in [5, 5.41) is 1.04. The first-order valence-electron chi connectivity index (χ1n) is 7.95. The summed E-state index contributed by atoms with van der Waals surface area (Å²) in [6.45, 7) is 0. The predicted octanol–water partition coefficient (Wildman–Crippen LogP) is 3.58. The Kier molecular flexibility index (Phi) is 3.76. The topological polar surface area (TPSA) is 78.9 Å². The molecule has 124 valence electrons. The van der Waals surface area contributed by atoms with Gasteiger partial charge in [0, 0.05) is 24.5 Å². The average Bonchev–Trinajstić information content (AvgIpc) is 3.21. The van der Waals surface area contributed by atoms with Gasteiger partial charge in [0.05, 0.1) is 12.5 Å². The van der Waals surface area contributed by atoms with E-state index >= 15 is 0 Å². The first-order valence-corrected chi connectivity index (χ1v) is 8.33. The summed E-state index contributed by atoms with van der Waals surface area (Å²) in [6.07, 6.45) is 7.08. The van der Waals surface area contributed by atoms with Crippen LogP contribution >= 0.6 is 11.6 Å². The highest BCUT2D eigenvalue weighted by Gasteiger charge is 2.28. The summed E-state index contributed by atoms with van der Waals surface area (Å²) in [4.78, 5) is 12.6. The normalized spacial score (nSPS) is 20.6. The molecule has 24 heavy (non-hydrogen) atoms. The van der Waals surface area contributed by atoms with Gasteiger partial charge in [-0.15, -0.1) is 0 Å². The molecule has 2 N–H and O–H groups in total. The van der Waals surface area contributed by atoms with Crippen LogP contribution in [0.3, 0.4) is 0 Å². The van der Waals surface area contributed by atoms with Crippen LogP contribution in [-0.4, -0.2) is 26.6 Å². The fourth-order valence-corrected chi connectivity index (χ4v) is 3.80. The molecule has 2 atom stereocenters. The lowest BCUT2D eigenvalue weighted by Gasteiger charge is -2.15. The van der Waals surface area contributed by atoms with Crippen LogP contribution in [0.25, 0.3) is 11.0 Å². The lowest BCUT2D eigenvalue weighted by molar-refractivity contribution is 0.396. The van der Waals surface area contributed by atoms with Crippen LogP contribution in [0.4, 0.5) is 5.82 Å². The molecule has 3 heterocycles. The van der Waals surface area contributed by atoms with Crippen LogP contribution in [0.1, 0.15) is 36.8 Å². The molecule has 1 fully saturated rings. The Morgan fingerprint density at radius 1 is 1.29 bits per heavy atom. The SMILES string of the molecule is COc1cc([C@@H]2CC[C@H](n3ccc4c(N)nc(Cl)nc43)C2)ccn1. The summed E-state index contributed by atoms with van der Waals surface area (Å²) in [5.41, 5.74) is 8.03. The van der Waals surface area contributed by atoms with E-state index in [1.54, 1.807) is 13.3 Å². The number of hydrogen-bond acceptors (Lipinski definition) is 5. The Labute approximate surface area is 144 Å². The van der Waals surface area contributed by atoms with E-state index in [1.807, 2.05) is 18.3 Å². The van der Waals surface area contributed by atoms with Crippen LogP contribution in [0.15, 0.2) is 30.6 Å². The number of rotatable bonds is 3. The van der Waals surface area contributed by atoms with Crippen LogP contribution in [0, 0.1) is 0 Å². The first-order chi connectivity index (χ1) is 11.7. The van der Waals surface area contributed by atoms with Crippen LogP contribution in [0.5, 0.6) is 5.88 Å². The second-order valence-corrected chi connectivity index (χ2v) is 6.47. The molecule has 1 aliphatic carbocycles. The van der Waals surface area contributed by atoms with Crippen LogP contribution < -0.4 is 10.5 Å². The molecule has 3 aromatic heterocycles. The zero-order chi connectivity index (χ0) is 16.7. The van der Waals surface area contributed by atoms with Gasteiger partial charge in [0.15, 0.2) is 0 Å². The van der Waals surface area contributed by atoms with E-state index in [4.69, 9.17) is 22.1 Å². The highest BCUT2D eigenvalue weighted by molar-refractivity contribution is 6.28. The van der Waals surface area contributed by atoms with Crippen LogP contribution in [0.2, 0.25) is 5.28 Å². The van der Waals surface area contributed by atoms with Gasteiger partial charge in [-0.2, -0.15) is 4.98 Å². The maximum absolute atomic E-state index is 5.98. The second kappa shape index (κ2) is 5.94. The summed E-state index contributed by atoms with van der Waals surface area (Å²) in [6, 6.07) is 6.43. The van der Waals surface area contributed by atoms with Gasteiger partial charge in [-0.05, 0) is 54.5 Å². The van der Waals surface area contributed by atoms with E-state index in [-0.39, 0.29) is 5.28 Å². The van der Waals surface area contributed by atoms with Gasteiger partial charge in [-0.1, -0.05) is 0 Å². The average molecular weight is 344 g/mol. The molecular formula is C17H18ClN5O. The van der Waals surface area contributed by atoms with Crippen molar-refractivity contribution in [2.24, 2.45) is 0 Å². The molecule has 3 aromatic rings. The van der Waals surface area contributed by atoms with Gasteiger partial charge < -0.3 is 15.0 Å². The van der Waals surface area contributed by atoms with E-state index in [2.05, 4.69) is 25.6 Å². The van der Waals surface area contributed by atoms with E-state index in [9.17, 15) is 0 Å². The fourth-order valence-electron chi connectivity index (χ4n) is 3.63. The summed E-state index contributed by atoms with van der Waals surface area (Å²) in [7, 11) is 1.64. The molecule has 0 aromatic carbocycles. The van der Waals surface area contributed by atoms with Crippen molar-refractivity contribution in [2.45, 2.75) is 31.2 Å². The Morgan fingerprint density at radius 3 is 3.00 bits per heavy atom. The molecule has 0 aliphatic heterocycles. The minimum atomic E-state index is 0.188. The third-order valence-electron chi connectivity index (χ3n) is 4.81. The van der Waals surface area contributed by atoms with Gasteiger partial charge in [0.2, 0.25) is 11.2 Å². The van der Waals surface area contributed by atoms with E-state index < -0.39 is 0 Å². The maximum atomic E-state index is 5.98. The van der Waals surface area contributed by atoms with Crippen molar-refractivity contribution in [1.29, 1.82) is 0 Å². The third-order valence-corrected chi connectivity index (χ3v) is 4.98. The highest BCUT2D eigenvalue weighted by atomic mass is 35.5. The Morgan fingerprint density at radius 2 is 2.17 bits per heavy atom. The largest absolute Gasteiger partial charge is 0.481 e. The van der Waals surface area contributed by atoms with Crippen LogP contribution in [-0.2, 0) is 0 Å². The number of ether oxygens (including phenoxy) is 1. The van der Waals surface area contributed by atoms with Gasteiger partial charge in [0.1, 0.15) is 11.5 Å². The number of hydrogen-bond donors (Lipinski definition) is 1. The number of aromatic nitrogens is 4. The molecule has 0 amide bonds. The zero-order valence-corrected chi connectivity index (χ0v) is 14.1. The van der Waals surface area contributed by atoms with Crippen molar-refractivity contribution >= 4 is 28.5 Å². The molecule has 1 aliphatic rings. The fraction of sp³-hybridized carbons (Fsp3) is 0.353. The maximum Gasteiger partial charge on any atom is 0.226 e. The number of methoxy groups -OCH3 is 1. The molecule has 0 saturated heterocycles. The van der Waals surface area contributed by atoms with E-state index in [0.29, 0.717) is 23.7 Å². The number of pyridine rings is 1. The number of nitrogen functional groups attached to an aromatic ring is 1. The quantitative estimate of drug-likeness (QED) is 0.735. The molecule has 0 unspecified atom stereocenters. The van der Waals surface area contributed by atoms with Crippen molar-refractivity contribution < 1.29 is 4.74 Å². The Balaban J connectivity index is 1.63. The van der Waals surface area contributed by atoms with Crippen molar-refractivity contribution in [3.8, 4) is 5.88 Å². The van der Waals surface area contributed by atoms with E-state index in [1.165, 1.54) is 5.56 Å². The minimum Gasteiger partial charge on any atom is -0.481 e. The lowest BCUT2D eigenvalue weighted by Crippen LogP contribution is -2.06. The third kappa shape index (κ3) is 2.57. The standard InChI is InChI=1S/C17H18ClN5O/c1-24-14-9-11(4-6-20-14)10-2-3-12(8-10)23-7-5-13-15(19)21-17(18)22-16(13)23/h4-7,9-10,12H,2-3,8H2,1H3,(H2,19,21,22)/t10-,12+/m1/s1. The Bertz CT molecular complexity index is 894. The lowest BCUT2D eigenvalue weighted by atomic mass is 9.98. The monoisotopic (exact) mass is 343 g/mol. The predicted molar refractivity (Wildman–Crippen MR) is 93.4 cm³/mol. The van der Waals surface area contributed by atoms with Crippen molar-refractivity contribution in [2.75, 3.05) is 12.8 Å². The van der Waals surface area contributed by atoms with Crippen molar-refractivity contribution in [3.63, 3.8) is 0 Å². The van der Waals surface area contributed by atoms with Gasteiger partial charge in [-0.25, -0.2) is 9.97 Å². The van der Waals surface area contributed by atoms with Crippen molar-refractivity contribution in [1.82, 2.24) is 19.5 Å². The summed E-state index contributed by atoms with van der Waals surface area (Å²) >= 11 is 5.98. The molecule has 0 radical (unpaired) electrons. The Hall–Kier alpha value is -2.34. The molecule has 0 spiro atoms. The summed E-state index contributed by atoms with van der Waals surface area (Å²) in [5.74, 6) is 1.57. The second-order valence-electron chi connectivity index (χ2n) is 6.13. The molecule has 7 heteroatoms. The molecule has 6 nitrogen and oxygen atoms in total. The molecule has 1 saturated carbocycles. The van der Waals surface area contributed by atoms with E-state index in [0.717, 1.165) is 30.3 Å². The van der Waals surface area contributed by atoms with Crippen molar-refractivity contribution in [3.05, 3.63) is 41.4 Å². The molecule has 0 bridgehead atoms. The smallest absolute Gasteiger partial charge is 0.226 e. The number of nitrogens with two attached hydrogens (primary N) is 1. The summed E-state index contributed by atoms with van der Waals surface area (Å²) < 4.78 is 7.41. The van der Waals surface area contributed by atoms with Gasteiger partial charge in [-0.3, -0.25) is 0 Å². The van der Waals surface area contributed by atoms with Gasteiger partial charge in [0.25, 0.3) is 0 Å². The minimum absolute atomic E-state index is 0.188. The zero-order valence-electron chi connectivity index (χ0n) is 13.3. The highest BCUT2D eigenvalue weighted by Crippen LogP contribution is 2.42. The number of anilines is 1. The first kappa shape index (κ1) is 15.2. The van der Waals surface area contributed by atoms with Gasteiger partial charge >= 0.3 is 0 Å². The molecular weight excluding hydrogens is 326 g/mol.